The fraction of sp³-hybridized carbons (Fsp3) is 0.0444. The minimum Gasteiger partial charge on any atom is -0.456 e. The number of nitrogens with zero attached hydrogens (tertiary/aromatic N) is 1. The zero-order valence-electron chi connectivity index (χ0n) is 27.3. The summed E-state index contributed by atoms with van der Waals surface area (Å²) in [4.78, 5) is 5.35. The van der Waals surface area contributed by atoms with Crippen molar-refractivity contribution in [3.8, 4) is 11.1 Å². The van der Waals surface area contributed by atoms with Crippen LogP contribution in [0.4, 0.5) is 0 Å². The third-order valence-corrected chi connectivity index (χ3v) is 10.2. The minimum atomic E-state index is -0.351. The van der Waals surface area contributed by atoms with Gasteiger partial charge in [-0.2, -0.15) is 0 Å². The summed E-state index contributed by atoms with van der Waals surface area (Å²) < 4.78 is 19.1. The van der Waals surface area contributed by atoms with E-state index in [1.54, 1.807) is 0 Å². The summed E-state index contributed by atoms with van der Waals surface area (Å²) in [5.74, 6) is 0.762. The van der Waals surface area contributed by atoms with Gasteiger partial charge in [-0.3, -0.25) is 5.32 Å². The van der Waals surface area contributed by atoms with Crippen LogP contribution in [0.15, 0.2) is 170 Å². The molecule has 0 saturated heterocycles. The maximum atomic E-state index is 6.66. The van der Waals surface area contributed by atoms with Gasteiger partial charge in [0.25, 0.3) is 0 Å². The topological polar surface area (TPSA) is 75.8 Å². The van der Waals surface area contributed by atoms with Gasteiger partial charge in [0.15, 0.2) is 0 Å². The molecular weight excluding hydrogens is 631 g/mol. The lowest BCUT2D eigenvalue weighted by Crippen LogP contribution is -2.45. The number of hydrogen-bond acceptors (Lipinski definition) is 6. The Kier molecular flexibility index (Phi) is 6.05. The standard InChI is InChI=1S/C45H29N3O3/c1-2-10-26(11-3-1)43-46-44(33-15-9-19-39-41(33)32-13-5-7-18-37(32)49-39)48-45(47-43)34-16-8-14-31-35-24-27(21-23-38(35)51-42(31)34)28-20-22-30-29-12-4-6-17-36(29)50-40(30)25-28/h1-25,43-44,46H,(H,47,48). The Labute approximate surface area is 291 Å². The first-order chi connectivity index (χ1) is 25.2. The zero-order valence-corrected chi connectivity index (χ0v) is 27.3. The van der Waals surface area contributed by atoms with Crippen LogP contribution in [0.2, 0.25) is 0 Å². The van der Waals surface area contributed by atoms with Gasteiger partial charge in [0.2, 0.25) is 0 Å². The Morgan fingerprint density at radius 2 is 1.14 bits per heavy atom. The molecule has 0 spiro atoms. The Hall–Kier alpha value is -6.63. The molecule has 0 fully saturated rings. The van der Waals surface area contributed by atoms with E-state index >= 15 is 0 Å². The molecule has 11 rings (SSSR count). The lowest BCUT2D eigenvalue weighted by Gasteiger charge is -2.32. The van der Waals surface area contributed by atoms with Crippen molar-refractivity contribution in [2.45, 2.75) is 12.3 Å². The van der Waals surface area contributed by atoms with Crippen LogP contribution in [0, 0.1) is 0 Å². The summed E-state index contributed by atoms with van der Waals surface area (Å²) in [6, 6.07) is 52.1. The van der Waals surface area contributed by atoms with Crippen LogP contribution in [0.3, 0.4) is 0 Å². The van der Waals surface area contributed by atoms with Crippen molar-refractivity contribution in [2.75, 3.05) is 0 Å². The highest BCUT2D eigenvalue weighted by molar-refractivity contribution is 6.16. The average Bonchev–Trinajstić information content (AvgIpc) is 3.88. The smallest absolute Gasteiger partial charge is 0.146 e. The van der Waals surface area contributed by atoms with E-state index in [0.717, 1.165) is 99.5 Å². The Morgan fingerprint density at radius 3 is 2.04 bits per heavy atom. The molecule has 0 saturated carbocycles. The van der Waals surface area contributed by atoms with E-state index in [1.807, 2.05) is 48.5 Å². The van der Waals surface area contributed by atoms with E-state index in [1.165, 1.54) is 0 Å². The van der Waals surface area contributed by atoms with Crippen LogP contribution in [-0.2, 0) is 0 Å². The highest BCUT2D eigenvalue weighted by atomic mass is 16.3. The van der Waals surface area contributed by atoms with Crippen molar-refractivity contribution >= 4 is 71.7 Å². The van der Waals surface area contributed by atoms with Crippen molar-refractivity contribution < 1.29 is 13.3 Å². The molecule has 0 radical (unpaired) electrons. The number of para-hydroxylation sites is 3. The largest absolute Gasteiger partial charge is 0.456 e. The van der Waals surface area contributed by atoms with Crippen LogP contribution in [-0.4, -0.2) is 5.84 Å². The molecule has 0 aliphatic carbocycles. The molecule has 1 aliphatic rings. The summed E-state index contributed by atoms with van der Waals surface area (Å²) >= 11 is 0. The first-order valence-corrected chi connectivity index (χ1v) is 17.2. The minimum absolute atomic E-state index is 0.198. The highest BCUT2D eigenvalue weighted by Gasteiger charge is 2.29. The molecule has 1 aliphatic heterocycles. The highest BCUT2D eigenvalue weighted by Crippen LogP contribution is 2.39. The average molecular weight is 660 g/mol. The second kappa shape index (κ2) is 10.9. The van der Waals surface area contributed by atoms with Crippen LogP contribution in [0.5, 0.6) is 0 Å². The van der Waals surface area contributed by atoms with Crippen molar-refractivity contribution in [1.29, 1.82) is 0 Å². The molecule has 4 heterocycles. The van der Waals surface area contributed by atoms with Gasteiger partial charge in [0, 0.05) is 37.9 Å². The summed E-state index contributed by atoms with van der Waals surface area (Å²) in [6.45, 7) is 0. The Bertz CT molecular complexity index is 3000. The molecule has 0 amide bonds. The number of fused-ring (bicyclic) bond motifs is 9. The number of aliphatic imine (C=N–C) groups is 1. The normalized spacial score (nSPS) is 16.4. The van der Waals surface area contributed by atoms with Crippen molar-refractivity contribution in [3.63, 3.8) is 0 Å². The predicted molar refractivity (Wildman–Crippen MR) is 205 cm³/mol. The molecule has 7 aromatic carbocycles. The van der Waals surface area contributed by atoms with E-state index in [9.17, 15) is 0 Å². The molecule has 3 aromatic heterocycles. The van der Waals surface area contributed by atoms with Gasteiger partial charge in [0.05, 0.1) is 5.56 Å². The monoisotopic (exact) mass is 659 g/mol. The van der Waals surface area contributed by atoms with E-state index < -0.39 is 0 Å². The van der Waals surface area contributed by atoms with Crippen molar-refractivity contribution in [1.82, 2.24) is 10.6 Å². The van der Waals surface area contributed by atoms with E-state index in [2.05, 4.69) is 114 Å². The SMILES string of the molecule is c1ccc(C2NC(c3cccc4c3oc3ccc(-c5ccc6c(c5)oc5ccccc56)cc34)=NC(c3cccc4oc5ccccc5c34)N2)cc1. The quantitative estimate of drug-likeness (QED) is 0.197. The zero-order chi connectivity index (χ0) is 33.5. The summed E-state index contributed by atoms with van der Waals surface area (Å²) in [5, 5.41) is 14.0. The third-order valence-electron chi connectivity index (χ3n) is 10.2. The van der Waals surface area contributed by atoms with E-state index in [4.69, 9.17) is 18.2 Å². The van der Waals surface area contributed by atoms with Gasteiger partial charge in [-0.05, 0) is 65.2 Å². The first kappa shape index (κ1) is 28.2. The molecule has 6 heteroatoms. The molecule has 6 nitrogen and oxygen atoms in total. The molecule has 51 heavy (non-hydrogen) atoms. The summed E-state index contributed by atoms with van der Waals surface area (Å²) in [7, 11) is 0. The number of amidine groups is 1. The number of rotatable bonds is 4. The van der Waals surface area contributed by atoms with Gasteiger partial charge in [0.1, 0.15) is 51.7 Å². The summed E-state index contributed by atoms with van der Waals surface area (Å²) in [6.07, 6.45) is -0.549. The fourth-order valence-electron chi connectivity index (χ4n) is 7.77. The Balaban J connectivity index is 1.05. The lowest BCUT2D eigenvalue weighted by atomic mass is 10.00. The first-order valence-electron chi connectivity index (χ1n) is 17.2. The molecule has 10 aromatic rings. The second-order valence-electron chi connectivity index (χ2n) is 13.2. The van der Waals surface area contributed by atoms with Gasteiger partial charge < -0.3 is 18.6 Å². The maximum absolute atomic E-state index is 6.66. The van der Waals surface area contributed by atoms with Crippen LogP contribution in [0.1, 0.15) is 29.0 Å². The van der Waals surface area contributed by atoms with Gasteiger partial charge in [-0.25, -0.2) is 4.99 Å². The van der Waals surface area contributed by atoms with Crippen molar-refractivity contribution in [3.05, 3.63) is 168 Å². The van der Waals surface area contributed by atoms with Crippen LogP contribution < -0.4 is 10.6 Å². The predicted octanol–water partition coefficient (Wildman–Crippen LogP) is 11.4. The Morgan fingerprint density at radius 1 is 0.471 bits per heavy atom. The number of nitrogens with one attached hydrogen (secondary N) is 2. The van der Waals surface area contributed by atoms with Gasteiger partial charge in [-0.1, -0.05) is 103 Å². The number of benzene rings is 7. The number of hydrogen-bond donors (Lipinski definition) is 2. The molecule has 2 unspecified atom stereocenters. The van der Waals surface area contributed by atoms with Gasteiger partial charge in [-0.15, -0.1) is 0 Å². The maximum Gasteiger partial charge on any atom is 0.146 e. The lowest BCUT2D eigenvalue weighted by molar-refractivity contribution is 0.410. The molecule has 242 valence electrons. The molecule has 0 bridgehead atoms. The fourth-order valence-corrected chi connectivity index (χ4v) is 7.77. The van der Waals surface area contributed by atoms with Crippen LogP contribution >= 0.6 is 0 Å². The van der Waals surface area contributed by atoms with E-state index in [-0.39, 0.29) is 12.3 Å². The van der Waals surface area contributed by atoms with E-state index in [0.29, 0.717) is 0 Å². The summed E-state index contributed by atoms with van der Waals surface area (Å²) in [5.41, 5.74) is 10.4. The van der Waals surface area contributed by atoms with Gasteiger partial charge >= 0.3 is 0 Å². The third kappa shape index (κ3) is 4.43. The number of furan rings is 3. The molecular formula is C45H29N3O3. The van der Waals surface area contributed by atoms with Crippen molar-refractivity contribution in [2.24, 2.45) is 4.99 Å². The van der Waals surface area contributed by atoms with Crippen LogP contribution in [0.25, 0.3) is 76.9 Å². The second-order valence-corrected chi connectivity index (χ2v) is 13.2. The molecule has 2 atom stereocenters. The molecule has 2 N–H and O–H groups in total.